The largest absolute Gasteiger partial charge is 0.478 e. The summed E-state index contributed by atoms with van der Waals surface area (Å²) in [4.78, 5) is 74.4. The number of aliphatic carboxylic acids is 1. The van der Waals surface area contributed by atoms with Gasteiger partial charge < -0.3 is 30.0 Å². The highest BCUT2D eigenvalue weighted by atomic mass is 16.5. The summed E-state index contributed by atoms with van der Waals surface area (Å²) in [6.45, 7) is 6.20. The number of esters is 3. The molecule has 372 valence electrons. The van der Waals surface area contributed by atoms with Gasteiger partial charge in [0.2, 0.25) is 11.8 Å². The molecule has 2 amide bonds. The van der Waals surface area contributed by atoms with Crippen molar-refractivity contribution in [3.05, 3.63) is 36.0 Å². The van der Waals surface area contributed by atoms with Crippen LogP contribution in [0.1, 0.15) is 233 Å². The fourth-order valence-electron chi connectivity index (χ4n) is 8.21. The van der Waals surface area contributed by atoms with E-state index in [0.717, 1.165) is 69.2 Å². The zero-order valence-corrected chi connectivity index (χ0v) is 41.0. The number of ether oxygens (including phenoxy) is 3. The average Bonchev–Trinajstić information content (AvgIpc) is 3.27. The second-order valence-electron chi connectivity index (χ2n) is 18.1. The fourth-order valence-corrected chi connectivity index (χ4v) is 8.21. The number of nitrogens with one attached hydrogen (secondary N) is 2. The van der Waals surface area contributed by atoms with Gasteiger partial charge in [0.15, 0.2) is 0 Å². The number of carboxylic acid groups (broad SMARTS) is 1. The first-order chi connectivity index (χ1) is 31.6. The summed E-state index contributed by atoms with van der Waals surface area (Å²) in [5.41, 5.74) is -0.154. The molecule has 0 aliphatic heterocycles. The van der Waals surface area contributed by atoms with Crippen LogP contribution in [0.15, 0.2) is 36.0 Å². The molecule has 0 saturated heterocycles. The van der Waals surface area contributed by atoms with E-state index in [9.17, 15) is 33.9 Å². The predicted octanol–water partition coefficient (Wildman–Crippen LogP) is 12.0. The van der Waals surface area contributed by atoms with Gasteiger partial charge in [-0.2, -0.15) is 0 Å². The molecule has 1 aliphatic carbocycles. The lowest BCUT2D eigenvalue weighted by Gasteiger charge is -2.36. The predicted molar refractivity (Wildman–Crippen MR) is 259 cm³/mol. The van der Waals surface area contributed by atoms with Crippen molar-refractivity contribution in [2.75, 3.05) is 13.2 Å². The number of unbranched alkanes of at least 4 members (excludes halogenated alkanes) is 30. The van der Waals surface area contributed by atoms with Gasteiger partial charge in [-0.3, -0.25) is 9.59 Å². The third-order valence-corrected chi connectivity index (χ3v) is 12.0. The highest BCUT2D eigenvalue weighted by Gasteiger charge is 2.38. The van der Waals surface area contributed by atoms with Crippen LogP contribution in [0, 0.1) is 0 Å². The van der Waals surface area contributed by atoms with Gasteiger partial charge in [0.1, 0.15) is 6.10 Å². The van der Waals surface area contributed by atoms with Gasteiger partial charge in [-0.25, -0.2) is 19.2 Å². The zero-order valence-electron chi connectivity index (χ0n) is 41.0. The van der Waals surface area contributed by atoms with Crippen molar-refractivity contribution >= 4 is 35.7 Å². The van der Waals surface area contributed by atoms with E-state index in [2.05, 4.69) is 24.5 Å². The molecule has 0 unspecified atom stereocenters. The Hall–Kier alpha value is -3.96. The van der Waals surface area contributed by atoms with Crippen LogP contribution in [0.25, 0.3) is 0 Å². The van der Waals surface area contributed by atoms with Crippen molar-refractivity contribution < 1.29 is 48.1 Å². The first kappa shape index (κ1) is 59.1. The van der Waals surface area contributed by atoms with E-state index in [1.54, 1.807) is 0 Å². The quantitative estimate of drug-likeness (QED) is 0.0231. The summed E-state index contributed by atoms with van der Waals surface area (Å²) < 4.78 is 16.0. The van der Waals surface area contributed by atoms with Gasteiger partial charge in [0.05, 0.1) is 25.3 Å². The van der Waals surface area contributed by atoms with Crippen LogP contribution in [-0.4, -0.2) is 72.2 Å². The molecule has 3 atom stereocenters. The fraction of sp³-hybridized carbons (Fsp3) is 0.774. The van der Waals surface area contributed by atoms with E-state index >= 15 is 0 Å². The topological polar surface area (TPSA) is 174 Å². The van der Waals surface area contributed by atoms with Crippen molar-refractivity contribution in [3.8, 4) is 0 Å². The van der Waals surface area contributed by atoms with Crippen LogP contribution in [0.4, 0.5) is 0 Å². The summed E-state index contributed by atoms with van der Waals surface area (Å²) in [5.74, 6) is -4.90. The lowest BCUT2D eigenvalue weighted by molar-refractivity contribution is -0.145. The minimum Gasteiger partial charge on any atom is -0.478 e. The molecular formula is C53H90N2O10. The maximum atomic E-state index is 12.9. The molecule has 1 rings (SSSR count). The second kappa shape index (κ2) is 41.5. The Bertz CT molecular complexity index is 1390. The molecule has 3 N–H and O–H groups in total. The normalized spacial score (nSPS) is 16.0. The van der Waals surface area contributed by atoms with E-state index < -0.39 is 53.9 Å². The molecule has 0 fully saturated rings. The molecule has 0 spiro atoms. The Kier molecular flexibility index (Phi) is 37.7. The first-order valence-electron chi connectivity index (χ1n) is 26.0. The van der Waals surface area contributed by atoms with Crippen molar-refractivity contribution in [2.24, 2.45) is 0 Å². The van der Waals surface area contributed by atoms with Crippen molar-refractivity contribution in [2.45, 2.75) is 251 Å². The van der Waals surface area contributed by atoms with E-state index in [0.29, 0.717) is 6.42 Å². The number of rotatable bonds is 42. The maximum Gasteiger partial charge on any atom is 0.331 e. The molecule has 0 aromatic carbocycles. The average molecular weight is 915 g/mol. The van der Waals surface area contributed by atoms with E-state index in [1.165, 1.54) is 167 Å². The number of hydrogen-bond acceptors (Lipinski definition) is 9. The number of hydrogen-bond donors (Lipinski definition) is 3. The molecule has 0 bridgehead atoms. The van der Waals surface area contributed by atoms with Gasteiger partial charge >= 0.3 is 23.9 Å². The molecule has 1 aliphatic rings. The lowest BCUT2D eigenvalue weighted by Crippen LogP contribution is -2.59. The van der Waals surface area contributed by atoms with Crippen LogP contribution in [0.3, 0.4) is 0 Å². The number of carbonyl (C=O) groups excluding carboxylic acids is 5. The summed E-state index contributed by atoms with van der Waals surface area (Å²) in [6, 6.07) is -2.06. The third kappa shape index (κ3) is 35.0. The van der Waals surface area contributed by atoms with Crippen LogP contribution in [0.5, 0.6) is 0 Å². The standard InChI is InChI=1S/C53H90N2O10/c1-4-6-8-10-12-14-16-18-20-22-24-26-28-30-32-34-40-63-49(58)37-36-48(57)55-46-42-45(53(61)62)43-47(52(46)54-44(3)56)65-51(60)39-38-50(59)64-41-35-33-31-29-27-25-23-21-19-17-15-13-11-9-7-5-2/h36-39,43,46-47,52H,4-35,40-42H2,1-3H3,(H,54,56)(H,55,57)(H,61,62)/b37-36+,39-38+/t46-,47+,52+/m0/s1. The molecular weight excluding hydrogens is 825 g/mol. The molecule has 0 heterocycles. The maximum absolute atomic E-state index is 12.9. The Morgan fingerprint density at radius 3 is 1.20 bits per heavy atom. The second-order valence-corrected chi connectivity index (χ2v) is 18.1. The Balaban J connectivity index is 2.36. The van der Waals surface area contributed by atoms with Crippen molar-refractivity contribution in [3.63, 3.8) is 0 Å². The molecule has 0 radical (unpaired) electrons. The molecule has 0 saturated carbocycles. The smallest absolute Gasteiger partial charge is 0.331 e. The van der Waals surface area contributed by atoms with E-state index in [4.69, 9.17) is 14.2 Å². The summed E-state index contributed by atoms with van der Waals surface area (Å²) in [6.07, 6.45) is 43.2. The van der Waals surface area contributed by atoms with Gasteiger partial charge in [0, 0.05) is 43.2 Å². The molecule has 12 heteroatoms. The van der Waals surface area contributed by atoms with Crippen LogP contribution in [-0.2, 0) is 43.0 Å². The lowest BCUT2D eigenvalue weighted by atomic mass is 9.87. The summed E-state index contributed by atoms with van der Waals surface area (Å²) >= 11 is 0. The van der Waals surface area contributed by atoms with E-state index in [-0.39, 0.29) is 25.2 Å². The molecule has 0 aromatic rings. The van der Waals surface area contributed by atoms with Crippen LogP contribution < -0.4 is 10.6 Å². The molecule has 0 aromatic heterocycles. The highest BCUT2D eigenvalue weighted by Crippen LogP contribution is 2.23. The molecule has 12 nitrogen and oxygen atoms in total. The summed E-state index contributed by atoms with van der Waals surface area (Å²) in [5, 5.41) is 15.0. The monoisotopic (exact) mass is 915 g/mol. The minimum atomic E-state index is -1.30. The van der Waals surface area contributed by atoms with Gasteiger partial charge in [-0.1, -0.05) is 206 Å². The van der Waals surface area contributed by atoms with Crippen LogP contribution in [0.2, 0.25) is 0 Å². The molecule has 65 heavy (non-hydrogen) atoms. The third-order valence-electron chi connectivity index (χ3n) is 12.0. The van der Waals surface area contributed by atoms with Crippen LogP contribution >= 0.6 is 0 Å². The van der Waals surface area contributed by atoms with Crippen molar-refractivity contribution in [1.29, 1.82) is 0 Å². The first-order valence-corrected chi connectivity index (χ1v) is 26.0. The van der Waals surface area contributed by atoms with Gasteiger partial charge in [0.25, 0.3) is 0 Å². The summed E-state index contributed by atoms with van der Waals surface area (Å²) in [7, 11) is 0. The Morgan fingerprint density at radius 1 is 0.508 bits per heavy atom. The zero-order chi connectivity index (χ0) is 47.6. The number of carboxylic acids is 1. The van der Waals surface area contributed by atoms with Gasteiger partial charge in [-0.15, -0.1) is 0 Å². The minimum absolute atomic E-state index is 0.154. The SMILES string of the molecule is CCCCCCCCCCCCCCCCCCOC(=O)/C=C/C(=O)N[C@H]1CC(C(=O)O)=C[C@@H](OC(=O)/C=C/C(=O)OCCCCCCCCCCCCCCCCCC)[C@@H]1NC(C)=O. The van der Waals surface area contributed by atoms with Crippen molar-refractivity contribution in [1.82, 2.24) is 10.6 Å². The number of carbonyl (C=O) groups is 6. The Labute approximate surface area is 393 Å². The van der Waals surface area contributed by atoms with E-state index in [1.807, 2.05) is 0 Å². The van der Waals surface area contributed by atoms with Gasteiger partial charge in [-0.05, 0) is 18.9 Å². The number of amides is 2. The highest BCUT2D eigenvalue weighted by molar-refractivity contribution is 5.95. The Morgan fingerprint density at radius 2 is 0.846 bits per heavy atom.